The van der Waals surface area contributed by atoms with Gasteiger partial charge in [0.05, 0.1) is 10.5 Å². The van der Waals surface area contributed by atoms with Gasteiger partial charge in [-0.3, -0.25) is 0 Å². The molecule has 2 aliphatic heterocycles. The zero-order valence-electron chi connectivity index (χ0n) is 12.7. The number of nitrogens with zero attached hydrogens (tertiary/aromatic N) is 1. The van der Waals surface area contributed by atoms with Crippen molar-refractivity contribution in [1.29, 1.82) is 0 Å². The maximum absolute atomic E-state index is 12.8. The summed E-state index contributed by atoms with van der Waals surface area (Å²) in [7, 11) is -3.77. The molecule has 0 spiro atoms. The summed E-state index contributed by atoms with van der Waals surface area (Å²) in [6, 6.07) is 3.28. The molecule has 0 aliphatic carbocycles. The molecule has 1 N–H and O–H groups in total. The predicted molar refractivity (Wildman–Crippen MR) is 79.5 cm³/mol. The van der Waals surface area contributed by atoms with E-state index in [0.717, 1.165) is 37.5 Å². The van der Waals surface area contributed by atoms with Crippen LogP contribution in [0.25, 0.3) is 0 Å². The van der Waals surface area contributed by atoms with Crippen molar-refractivity contribution in [1.82, 2.24) is 9.62 Å². The minimum atomic E-state index is -4.47. The molecule has 8 heteroatoms. The summed E-state index contributed by atoms with van der Waals surface area (Å²) in [4.78, 5) is -0.0386. The molecular formula is C15H19F3N2O2S. The third-order valence-electron chi connectivity index (χ3n) is 4.61. The number of sulfonamides is 1. The van der Waals surface area contributed by atoms with Crippen molar-refractivity contribution in [3.63, 3.8) is 0 Å². The SMILES string of the molecule is Cc1cc(C(F)(F)F)ccc1S(=O)(=O)N1CCC2CCC(C1)N2. The van der Waals surface area contributed by atoms with Crippen LogP contribution < -0.4 is 5.32 Å². The second-order valence-corrected chi connectivity index (χ2v) is 8.17. The van der Waals surface area contributed by atoms with Crippen LogP contribution in [0.5, 0.6) is 0 Å². The lowest BCUT2D eigenvalue weighted by Crippen LogP contribution is -2.39. The Bertz CT molecular complexity index is 703. The summed E-state index contributed by atoms with van der Waals surface area (Å²) in [5.41, 5.74) is -0.701. The molecule has 128 valence electrons. The highest BCUT2D eigenvalue weighted by Gasteiger charge is 2.36. The molecule has 1 aromatic carbocycles. The highest BCUT2D eigenvalue weighted by molar-refractivity contribution is 7.89. The molecule has 2 heterocycles. The van der Waals surface area contributed by atoms with E-state index in [0.29, 0.717) is 19.1 Å². The van der Waals surface area contributed by atoms with E-state index >= 15 is 0 Å². The first-order chi connectivity index (χ1) is 10.7. The first-order valence-electron chi connectivity index (χ1n) is 7.62. The molecule has 0 radical (unpaired) electrons. The van der Waals surface area contributed by atoms with Gasteiger partial charge in [-0.25, -0.2) is 8.42 Å². The fourth-order valence-corrected chi connectivity index (χ4v) is 5.09. The summed E-state index contributed by atoms with van der Waals surface area (Å²) in [5, 5.41) is 3.40. The van der Waals surface area contributed by atoms with Crippen LogP contribution in [0.3, 0.4) is 0 Å². The molecule has 23 heavy (non-hydrogen) atoms. The molecule has 3 rings (SSSR count). The maximum Gasteiger partial charge on any atom is 0.416 e. The van der Waals surface area contributed by atoms with Crippen molar-refractivity contribution in [2.45, 2.75) is 49.3 Å². The molecule has 2 unspecified atom stereocenters. The van der Waals surface area contributed by atoms with Gasteiger partial charge in [-0.15, -0.1) is 0 Å². The summed E-state index contributed by atoms with van der Waals surface area (Å²) in [6.45, 7) is 2.18. The zero-order valence-corrected chi connectivity index (χ0v) is 13.5. The molecule has 2 atom stereocenters. The van der Waals surface area contributed by atoms with Gasteiger partial charge < -0.3 is 5.32 Å². The molecule has 2 aliphatic rings. The fraction of sp³-hybridized carbons (Fsp3) is 0.600. The third-order valence-corrected chi connectivity index (χ3v) is 6.63. The number of fused-ring (bicyclic) bond motifs is 2. The number of aryl methyl sites for hydroxylation is 1. The largest absolute Gasteiger partial charge is 0.416 e. The van der Waals surface area contributed by atoms with Crippen molar-refractivity contribution in [3.05, 3.63) is 29.3 Å². The first-order valence-corrected chi connectivity index (χ1v) is 9.06. The number of rotatable bonds is 2. The Morgan fingerprint density at radius 2 is 1.87 bits per heavy atom. The lowest BCUT2D eigenvalue weighted by molar-refractivity contribution is -0.137. The van der Waals surface area contributed by atoms with E-state index in [1.165, 1.54) is 11.2 Å². The minimum absolute atomic E-state index is 0.0386. The van der Waals surface area contributed by atoms with Crippen molar-refractivity contribution < 1.29 is 21.6 Å². The highest BCUT2D eigenvalue weighted by atomic mass is 32.2. The lowest BCUT2D eigenvalue weighted by atomic mass is 10.1. The van der Waals surface area contributed by atoms with E-state index in [-0.39, 0.29) is 16.5 Å². The lowest BCUT2D eigenvalue weighted by Gasteiger charge is -2.24. The second-order valence-electron chi connectivity index (χ2n) is 6.27. The number of benzene rings is 1. The summed E-state index contributed by atoms with van der Waals surface area (Å²) in [6.07, 6.45) is -1.76. The average molecular weight is 348 g/mol. The standard InChI is InChI=1S/C15H19F3N2O2S/c1-10-8-11(15(16,17)18)2-5-14(10)23(21,22)20-7-6-12-3-4-13(9-20)19-12/h2,5,8,12-13,19H,3-4,6-7,9H2,1H3. The molecule has 2 bridgehead atoms. The Morgan fingerprint density at radius 1 is 1.17 bits per heavy atom. The smallest absolute Gasteiger partial charge is 0.310 e. The number of nitrogens with one attached hydrogen (secondary N) is 1. The Hall–Kier alpha value is -1.12. The molecule has 0 saturated carbocycles. The third kappa shape index (κ3) is 3.25. The molecule has 0 aromatic heterocycles. The van der Waals surface area contributed by atoms with Crippen LogP contribution in [0.15, 0.2) is 23.1 Å². The van der Waals surface area contributed by atoms with Gasteiger partial charge in [0.15, 0.2) is 0 Å². The summed E-state index contributed by atoms with van der Waals surface area (Å²) < 4.78 is 65.2. The highest BCUT2D eigenvalue weighted by Crippen LogP contribution is 2.33. The van der Waals surface area contributed by atoms with Crippen LogP contribution in [-0.4, -0.2) is 37.9 Å². The zero-order chi connectivity index (χ0) is 16.8. The first kappa shape index (κ1) is 16.7. The number of halogens is 3. The van der Waals surface area contributed by atoms with E-state index in [1.807, 2.05) is 0 Å². The predicted octanol–water partition coefficient (Wildman–Crippen LogP) is 2.53. The van der Waals surface area contributed by atoms with Gasteiger partial charge in [-0.2, -0.15) is 17.5 Å². The van der Waals surface area contributed by atoms with Gasteiger partial charge >= 0.3 is 6.18 Å². The average Bonchev–Trinajstić information content (AvgIpc) is 2.76. The van der Waals surface area contributed by atoms with E-state index in [1.54, 1.807) is 0 Å². The molecule has 2 fully saturated rings. The topological polar surface area (TPSA) is 49.4 Å². The molecule has 4 nitrogen and oxygen atoms in total. The van der Waals surface area contributed by atoms with Crippen LogP contribution in [0.4, 0.5) is 13.2 Å². The van der Waals surface area contributed by atoms with E-state index in [9.17, 15) is 21.6 Å². The Balaban J connectivity index is 1.90. The van der Waals surface area contributed by atoms with Crippen LogP contribution >= 0.6 is 0 Å². The van der Waals surface area contributed by atoms with E-state index in [4.69, 9.17) is 0 Å². The van der Waals surface area contributed by atoms with Gasteiger partial charge in [0, 0.05) is 25.2 Å². The Morgan fingerprint density at radius 3 is 2.52 bits per heavy atom. The second kappa shape index (κ2) is 5.75. The van der Waals surface area contributed by atoms with Crippen molar-refractivity contribution in [3.8, 4) is 0 Å². The van der Waals surface area contributed by atoms with Crippen molar-refractivity contribution >= 4 is 10.0 Å². The van der Waals surface area contributed by atoms with Crippen LogP contribution in [0.2, 0.25) is 0 Å². The normalized spacial score (nSPS) is 26.3. The molecule has 2 saturated heterocycles. The number of hydrogen-bond acceptors (Lipinski definition) is 3. The van der Waals surface area contributed by atoms with Crippen molar-refractivity contribution in [2.24, 2.45) is 0 Å². The Labute approximate surface area is 133 Å². The number of alkyl halides is 3. The quantitative estimate of drug-likeness (QED) is 0.894. The fourth-order valence-electron chi connectivity index (χ4n) is 3.38. The van der Waals surface area contributed by atoms with Crippen LogP contribution in [0.1, 0.15) is 30.4 Å². The van der Waals surface area contributed by atoms with E-state index in [2.05, 4.69) is 5.32 Å². The molecule has 0 amide bonds. The molecular weight excluding hydrogens is 329 g/mol. The van der Waals surface area contributed by atoms with Gasteiger partial charge in [0.2, 0.25) is 10.0 Å². The molecule has 1 aromatic rings. The minimum Gasteiger partial charge on any atom is -0.310 e. The summed E-state index contributed by atoms with van der Waals surface area (Å²) >= 11 is 0. The van der Waals surface area contributed by atoms with Gasteiger partial charge in [-0.05, 0) is 49.9 Å². The van der Waals surface area contributed by atoms with Crippen LogP contribution in [-0.2, 0) is 16.2 Å². The van der Waals surface area contributed by atoms with E-state index < -0.39 is 21.8 Å². The van der Waals surface area contributed by atoms with Gasteiger partial charge in [0.1, 0.15) is 0 Å². The summed E-state index contributed by atoms with van der Waals surface area (Å²) in [5.74, 6) is 0. The van der Waals surface area contributed by atoms with Gasteiger partial charge in [0.25, 0.3) is 0 Å². The number of hydrogen-bond donors (Lipinski definition) is 1. The van der Waals surface area contributed by atoms with Gasteiger partial charge in [-0.1, -0.05) is 0 Å². The van der Waals surface area contributed by atoms with Crippen molar-refractivity contribution in [2.75, 3.05) is 13.1 Å². The maximum atomic E-state index is 12.8. The van der Waals surface area contributed by atoms with Crippen LogP contribution in [0, 0.1) is 6.92 Å². The monoisotopic (exact) mass is 348 g/mol. The Kier molecular flexibility index (Phi) is 4.18.